The number of rotatable bonds is 2. The van der Waals surface area contributed by atoms with E-state index in [1.54, 1.807) is 0 Å². The van der Waals surface area contributed by atoms with E-state index in [-0.39, 0.29) is 0 Å². The van der Waals surface area contributed by atoms with Crippen LogP contribution in [0.25, 0.3) is 33.6 Å². The molecule has 1 aliphatic heterocycles. The van der Waals surface area contributed by atoms with E-state index < -0.39 is 5.41 Å². The van der Waals surface area contributed by atoms with Crippen LogP contribution < -0.4 is 4.74 Å². The van der Waals surface area contributed by atoms with Crippen molar-refractivity contribution < 1.29 is 4.74 Å². The number of ether oxygens (including phenoxy) is 1. The highest BCUT2D eigenvalue weighted by Gasteiger charge is 2.50. The largest absolute Gasteiger partial charge is 0.457 e. The van der Waals surface area contributed by atoms with Gasteiger partial charge < -0.3 is 4.74 Å². The molecule has 5 aromatic carbocycles. The summed E-state index contributed by atoms with van der Waals surface area (Å²) in [5.74, 6) is 1.76. The molecule has 1 spiro atoms. The summed E-state index contributed by atoms with van der Waals surface area (Å²) >= 11 is 0. The van der Waals surface area contributed by atoms with Gasteiger partial charge >= 0.3 is 0 Å². The van der Waals surface area contributed by atoms with Crippen LogP contribution >= 0.6 is 0 Å². The molecule has 178 valence electrons. The van der Waals surface area contributed by atoms with Crippen molar-refractivity contribution in [2.24, 2.45) is 0 Å². The summed E-state index contributed by atoms with van der Waals surface area (Å²) in [6.07, 6.45) is 0. The molecule has 2 heterocycles. The quantitative estimate of drug-likeness (QED) is 0.247. The van der Waals surface area contributed by atoms with E-state index in [2.05, 4.69) is 113 Å². The highest BCUT2D eigenvalue weighted by atomic mass is 16.5. The van der Waals surface area contributed by atoms with Gasteiger partial charge in [-0.1, -0.05) is 97.1 Å². The van der Waals surface area contributed by atoms with Crippen molar-refractivity contribution in [3.63, 3.8) is 0 Å². The van der Waals surface area contributed by atoms with Gasteiger partial charge in [0.05, 0.1) is 16.8 Å². The molecule has 0 bridgehead atoms. The lowest BCUT2D eigenvalue weighted by molar-refractivity contribution is 0.436. The summed E-state index contributed by atoms with van der Waals surface area (Å²) in [6.45, 7) is 0. The second kappa shape index (κ2) is 7.99. The molecule has 0 saturated heterocycles. The number of nitrogens with zero attached hydrogens (tertiary/aromatic N) is 2. The van der Waals surface area contributed by atoms with Gasteiger partial charge in [0.25, 0.3) is 0 Å². The van der Waals surface area contributed by atoms with Crippen LogP contribution in [0, 0.1) is 0 Å². The molecule has 0 atom stereocenters. The minimum Gasteiger partial charge on any atom is -0.457 e. The third kappa shape index (κ3) is 2.84. The maximum atomic E-state index is 6.53. The Balaban J connectivity index is 1.37. The number of para-hydroxylation sites is 1. The van der Waals surface area contributed by atoms with Crippen molar-refractivity contribution >= 4 is 0 Å². The van der Waals surface area contributed by atoms with E-state index in [1.165, 1.54) is 22.3 Å². The van der Waals surface area contributed by atoms with Gasteiger partial charge in [-0.05, 0) is 58.7 Å². The zero-order valence-electron chi connectivity index (χ0n) is 20.5. The fourth-order valence-corrected chi connectivity index (χ4v) is 6.26. The third-order valence-corrected chi connectivity index (χ3v) is 7.88. The Kier molecular flexibility index (Phi) is 4.44. The molecular weight excluding hydrogens is 464 g/mol. The van der Waals surface area contributed by atoms with Gasteiger partial charge in [0.15, 0.2) is 0 Å². The first-order chi connectivity index (χ1) is 18.8. The van der Waals surface area contributed by atoms with E-state index in [9.17, 15) is 0 Å². The molecule has 0 saturated carbocycles. The number of aromatic nitrogens is 2. The lowest BCUT2D eigenvalue weighted by atomic mass is 9.66. The van der Waals surface area contributed by atoms with Gasteiger partial charge in [0, 0.05) is 22.3 Å². The third-order valence-electron chi connectivity index (χ3n) is 7.88. The van der Waals surface area contributed by atoms with Crippen LogP contribution in [0.5, 0.6) is 11.5 Å². The number of hydrogen-bond donors (Lipinski definition) is 0. The van der Waals surface area contributed by atoms with Crippen molar-refractivity contribution in [1.82, 2.24) is 10.2 Å². The summed E-state index contributed by atoms with van der Waals surface area (Å²) in [4.78, 5) is 0. The molecule has 0 fully saturated rings. The molecule has 38 heavy (non-hydrogen) atoms. The van der Waals surface area contributed by atoms with E-state index in [0.29, 0.717) is 0 Å². The van der Waals surface area contributed by atoms with E-state index >= 15 is 0 Å². The molecule has 0 amide bonds. The Morgan fingerprint density at radius 2 is 0.974 bits per heavy atom. The second-order valence-corrected chi connectivity index (χ2v) is 9.82. The number of hydrogen-bond acceptors (Lipinski definition) is 3. The van der Waals surface area contributed by atoms with Gasteiger partial charge in [-0.2, -0.15) is 0 Å². The van der Waals surface area contributed by atoms with Crippen molar-refractivity contribution in [2.75, 3.05) is 0 Å². The minimum absolute atomic E-state index is 0.481. The van der Waals surface area contributed by atoms with Gasteiger partial charge in [-0.3, -0.25) is 0 Å². The molecule has 3 nitrogen and oxygen atoms in total. The molecule has 0 unspecified atom stereocenters. The van der Waals surface area contributed by atoms with E-state index in [1.807, 2.05) is 30.3 Å². The maximum absolute atomic E-state index is 6.53. The topological polar surface area (TPSA) is 35.0 Å². The van der Waals surface area contributed by atoms with Crippen LogP contribution in [-0.4, -0.2) is 10.2 Å². The fraction of sp³-hybridized carbons (Fsp3) is 0.0286. The van der Waals surface area contributed by atoms with Crippen molar-refractivity contribution in [2.45, 2.75) is 5.41 Å². The molecule has 8 rings (SSSR count). The van der Waals surface area contributed by atoms with Crippen LogP contribution in [-0.2, 0) is 5.41 Å². The van der Waals surface area contributed by atoms with E-state index in [0.717, 1.165) is 45.1 Å². The molecule has 1 aliphatic carbocycles. The molecule has 6 aromatic rings. The van der Waals surface area contributed by atoms with Gasteiger partial charge in [0.2, 0.25) is 0 Å². The lowest BCUT2D eigenvalue weighted by Crippen LogP contribution is -2.32. The van der Waals surface area contributed by atoms with Crippen LogP contribution in [0.3, 0.4) is 0 Å². The molecule has 0 N–H and O–H groups in total. The fourth-order valence-electron chi connectivity index (χ4n) is 6.26. The first-order valence-electron chi connectivity index (χ1n) is 12.8. The predicted molar refractivity (Wildman–Crippen MR) is 150 cm³/mol. The second-order valence-electron chi connectivity index (χ2n) is 9.82. The highest BCUT2D eigenvalue weighted by Crippen LogP contribution is 2.62. The molecule has 3 heteroatoms. The van der Waals surface area contributed by atoms with Gasteiger partial charge in [-0.15, -0.1) is 10.2 Å². The van der Waals surface area contributed by atoms with Crippen molar-refractivity contribution in [3.05, 3.63) is 156 Å². The maximum Gasteiger partial charge on any atom is 0.132 e. The first kappa shape index (κ1) is 21.1. The normalized spacial score (nSPS) is 13.7. The van der Waals surface area contributed by atoms with Crippen LogP contribution in [0.15, 0.2) is 133 Å². The summed E-state index contributed by atoms with van der Waals surface area (Å²) in [5.41, 5.74) is 10.7. The average Bonchev–Trinajstić information content (AvgIpc) is 3.29. The van der Waals surface area contributed by atoms with Crippen LogP contribution in [0.1, 0.15) is 22.3 Å². The smallest absolute Gasteiger partial charge is 0.132 e. The molecule has 2 aliphatic rings. The van der Waals surface area contributed by atoms with E-state index in [4.69, 9.17) is 4.74 Å². The standard InChI is InChI=1S/C35H22N2O/c1-2-10-23(11-3-1)31-19-20-32(37-36-31)24-18-21-34-30(22-24)35(29-16-8-9-17-33(29)38-34)27-14-6-4-12-25(27)26-13-5-7-15-28(26)35/h1-22H. The SMILES string of the molecule is c1ccc(-c2ccc(-c3ccc4c(c3)C3(c5ccccc5O4)c4ccccc4-c4ccccc43)nn2)cc1. The van der Waals surface area contributed by atoms with Gasteiger partial charge in [0.1, 0.15) is 11.5 Å². The molecule has 0 radical (unpaired) electrons. The minimum atomic E-state index is -0.481. The Hall–Kier alpha value is -5.02. The first-order valence-corrected chi connectivity index (χ1v) is 12.8. The zero-order valence-corrected chi connectivity index (χ0v) is 20.5. The van der Waals surface area contributed by atoms with Crippen molar-refractivity contribution in [3.8, 4) is 45.1 Å². The Bertz CT molecular complexity index is 1800. The zero-order chi connectivity index (χ0) is 25.1. The van der Waals surface area contributed by atoms with Crippen molar-refractivity contribution in [1.29, 1.82) is 0 Å². The Labute approximate surface area is 221 Å². The monoisotopic (exact) mass is 486 g/mol. The average molecular weight is 487 g/mol. The number of benzene rings is 5. The summed E-state index contributed by atoms with van der Waals surface area (Å²) in [7, 11) is 0. The lowest BCUT2D eigenvalue weighted by Gasteiger charge is -2.39. The predicted octanol–water partition coefficient (Wildman–Crippen LogP) is 8.28. The molecule has 1 aromatic heterocycles. The summed E-state index contributed by atoms with van der Waals surface area (Å²) < 4.78 is 6.53. The number of fused-ring (bicyclic) bond motifs is 9. The Morgan fingerprint density at radius 1 is 0.421 bits per heavy atom. The summed E-state index contributed by atoms with van der Waals surface area (Å²) in [5, 5.41) is 9.18. The molecular formula is C35H22N2O. The van der Waals surface area contributed by atoms with Crippen LogP contribution in [0.2, 0.25) is 0 Å². The van der Waals surface area contributed by atoms with Crippen LogP contribution in [0.4, 0.5) is 0 Å². The Morgan fingerprint density at radius 3 is 1.66 bits per heavy atom. The highest BCUT2D eigenvalue weighted by molar-refractivity contribution is 5.89. The summed E-state index contributed by atoms with van der Waals surface area (Å²) in [6, 6.07) is 46.6. The van der Waals surface area contributed by atoms with Gasteiger partial charge in [-0.25, -0.2) is 0 Å².